The predicted molar refractivity (Wildman–Crippen MR) is 62.6 cm³/mol. The third-order valence-corrected chi connectivity index (χ3v) is 3.17. The molecule has 1 aliphatic carbocycles. The van der Waals surface area contributed by atoms with E-state index in [4.69, 9.17) is 0 Å². The van der Waals surface area contributed by atoms with Crippen LogP contribution in [0.4, 0.5) is 0 Å². The van der Waals surface area contributed by atoms with E-state index in [1.165, 1.54) is 12.8 Å². The fourth-order valence-electron chi connectivity index (χ4n) is 2.09. The maximum absolute atomic E-state index is 11.7. The SMILES string of the molecule is CC(Br)CC(C)NC(=O)C1CCCC1. The molecule has 1 saturated carbocycles. The zero-order valence-corrected chi connectivity index (χ0v) is 10.6. The summed E-state index contributed by atoms with van der Waals surface area (Å²) in [5.41, 5.74) is 0. The van der Waals surface area contributed by atoms with Gasteiger partial charge < -0.3 is 5.32 Å². The molecule has 1 amide bonds. The van der Waals surface area contributed by atoms with Crippen LogP contribution in [0.25, 0.3) is 0 Å². The Morgan fingerprint density at radius 1 is 1.43 bits per heavy atom. The van der Waals surface area contributed by atoms with Crippen molar-refractivity contribution in [2.45, 2.75) is 56.8 Å². The largest absolute Gasteiger partial charge is 0.353 e. The highest BCUT2D eigenvalue weighted by Crippen LogP contribution is 2.24. The van der Waals surface area contributed by atoms with Crippen molar-refractivity contribution in [3.8, 4) is 0 Å². The van der Waals surface area contributed by atoms with E-state index in [2.05, 4.69) is 35.1 Å². The van der Waals surface area contributed by atoms with Crippen molar-refractivity contribution in [2.24, 2.45) is 5.92 Å². The second-order valence-electron chi connectivity index (χ2n) is 4.41. The van der Waals surface area contributed by atoms with Gasteiger partial charge in [-0.1, -0.05) is 35.7 Å². The maximum atomic E-state index is 11.7. The number of halogens is 1. The molecule has 3 heteroatoms. The summed E-state index contributed by atoms with van der Waals surface area (Å²) in [4.78, 5) is 12.2. The van der Waals surface area contributed by atoms with Crippen LogP contribution in [0, 0.1) is 5.92 Å². The van der Waals surface area contributed by atoms with E-state index in [-0.39, 0.29) is 11.9 Å². The second-order valence-corrected chi connectivity index (χ2v) is 5.97. The van der Waals surface area contributed by atoms with E-state index < -0.39 is 0 Å². The molecule has 1 aliphatic rings. The van der Waals surface area contributed by atoms with Crippen molar-refractivity contribution in [3.05, 3.63) is 0 Å². The Morgan fingerprint density at radius 2 is 2.00 bits per heavy atom. The van der Waals surface area contributed by atoms with Gasteiger partial charge in [-0.15, -0.1) is 0 Å². The quantitative estimate of drug-likeness (QED) is 0.775. The Morgan fingerprint density at radius 3 is 2.50 bits per heavy atom. The molecular weight excluding hydrogens is 242 g/mol. The first kappa shape index (κ1) is 12.0. The van der Waals surface area contributed by atoms with Gasteiger partial charge in [-0.25, -0.2) is 0 Å². The fraction of sp³-hybridized carbons (Fsp3) is 0.909. The van der Waals surface area contributed by atoms with Gasteiger partial charge in [0.25, 0.3) is 0 Å². The Balaban J connectivity index is 2.25. The van der Waals surface area contributed by atoms with E-state index in [1.54, 1.807) is 0 Å². The van der Waals surface area contributed by atoms with E-state index in [0.717, 1.165) is 19.3 Å². The minimum atomic E-state index is 0.267. The lowest BCUT2D eigenvalue weighted by Gasteiger charge is -2.17. The van der Waals surface area contributed by atoms with Crippen LogP contribution >= 0.6 is 15.9 Å². The summed E-state index contributed by atoms with van der Waals surface area (Å²) in [5, 5.41) is 3.08. The van der Waals surface area contributed by atoms with Gasteiger partial charge in [-0.3, -0.25) is 4.79 Å². The van der Waals surface area contributed by atoms with Crippen LogP contribution in [0.15, 0.2) is 0 Å². The van der Waals surface area contributed by atoms with E-state index in [1.807, 2.05) is 0 Å². The lowest BCUT2D eigenvalue weighted by Crippen LogP contribution is -2.37. The van der Waals surface area contributed by atoms with Crippen LogP contribution in [0.3, 0.4) is 0 Å². The smallest absolute Gasteiger partial charge is 0.223 e. The molecule has 14 heavy (non-hydrogen) atoms. The molecule has 82 valence electrons. The van der Waals surface area contributed by atoms with Crippen LogP contribution in [0.5, 0.6) is 0 Å². The molecule has 0 aromatic carbocycles. The maximum Gasteiger partial charge on any atom is 0.223 e. The van der Waals surface area contributed by atoms with Gasteiger partial charge in [0, 0.05) is 16.8 Å². The van der Waals surface area contributed by atoms with Crippen molar-refractivity contribution in [1.29, 1.82) is 0 Å². The zero-order chi connectivity index (χ0) is 10.6. The molecule has 2 atom stereocenters. The van der Waals surface area contributed by atoms with E-state index >= 15 is 0 Å². The predicted octanol–water partition coefficient (Wildman–Crippen LogP) is 2.85. The Kier molecular flexibility index (Phi) is 4.93. The number of rotatable bonds is 4. The molecule has 1 N–H and O–H groups in total. The molecule has 1 fully saturated rings. The molecule has 1 rings (SSSR count). The average molecular weight is 262 g/mol. The Labute approximate surface area is 95.0 Å². The zero-order valence-electron chi connectivity index (χ0n) is 9.05. The molecule has 0 aromatic rings. The van der Waals surface area contributed by atoms with Gasteiger partial charge in [0.15, 0.2) is 0 Å². The van der Waals surface area contributed by atoms with E-state index in [9.17, 15) is 4.79 Å². The van der Waals surface area contributed by atoms with Crippen molar-refractivity contribution in [1.82, 2.24) is 5.32 Å². The summed E-state index contributed by atoms with van der Waals surface area (Å²) < 4.78 is 0. The number of hydrogen-bond donors (Lipinski definition) is 1. The summed E-state index contributed by atoms with van der Waals surface area (Å²) >= 11 is 3.50. The number of carbonyl (C=O) groups is 1. The van der Waals surface area contributed by atoms with Crippen molar-refractivity contribution in [2.75, 3.05) is 0 Å². The standard InChI is InChI=1S/C11H20BrNO/c1-8(12)7-9(2)13-11(14)10-5-3-4-6-10/h8-10H,3-7H2,1-2H3,(H,13,14). The highest BCUT2D eigenvalue weighted by atomic mass is 79.9. The minimum Gasteiger partial charge on any atom is -0.353 e. The molecule has 0 bridgehead atoms. The van der Waals surface area contributed by atoms with Crippen molar-refractivity contribution < 1.29 is 4.79 Å². The normalized spacial score (nSPS) is 21.9. The molecular formula is C11H20BrNO. The molecule has 2 unspecified atom stereocenters. The van der Waals surface area contributed by atoms with Crippen LogP contribution in [0.2, 0.25) is 0 Å². The topological polar surface area (TPSA) is 29.1 Å². The number of hydrogen-bond acceptors (Lipinski definition) is 1. The first-order chi connectivity index (χ1) is 6.59. The molecule has 0 saturated heterocycles. The summed E-state index contributed by atoms with van der Waals surface area (Å²) in [6.45, 7) is 4.18. The third-order valence-electron chi connectivity index (χ3n) is 2.79. The lowest BCUT2D eigenvalue weighted by atomic mass is 10.1. The highest BCUT2D eigenvalue weighted by Gasteiger charge is 2.23. The first-order valence-corrected chi connectivity index (χ1v) is 6.45. The third kappa shape index (κ3) is 3.99. The van der Waals surface area contributed by atoms with Crippen molar-refractivity contribution in [3.63, 3.8) is 0 Å². The van der Waals surface area contributed by atoms with Gasteiger partial charge in [-0.05, 0) is 26.2 Å². The molecule has 0 heterocycles. The fourth-order valence-corrected chi connectivity index (χ4v) is 2.66. The van der Waals surface area contributed by atoms with Crippen LogP contribution in [0.1, 0.15) is 46.0 Å². The molecule has 0 radical (unpaired) electrons. The van der Waals surface area contributed by atoms with Gasteiger partial charge in [-0.2, -0.15) is 0 Å². The highest BCUT2D eigenvalue weighted by molar-refractivity contribution is 9.09. The van der Waals surface area contributed by atoms with Crippen LogP contribution < -0.4 is 5.32 Å². The first-order valence-electron chi connectivity index (χ1n) is 5.54. The summed E-state index contributed by atoms with van der Waals surface area (Å²) in [6.07, 6.45) is 5.62. The summed E-state index contributed by atoms with van der Waals surface area (Å²) in [7, 11) is 0. The molecule has 0 aromatic heterocycles. The number of alkyl halides is 1. The average Bonchev–Trinajstić information content (AvgIpc) is 2.53. The van der Waals surface area contributed by atoms with Gasteiger partial charge in [0.05, 0.1) is 0 Å². The number of nitrogens with one attached hydrogen (secondary N) is 1. The second kappa shape index (κ2) is 5.74. The number of carbonyl (C=O) groups excluding carboxylic acids is 1. The van der Waals surface area contributed by atoms with E-state index in [0.29, 0.717) is 10.7 Å². The minimum absolute atomic E-state index is 0.267. The molecule has 0 spiro atoms. The lowest BCUT2D eigenvalue weighted by molar-refractivity contribution is -0.125. The molecule has 2 nitrogen and oxygen atoms in total. The van der Waals surface area contributed by atoms with Crippen LogP contribution in [-0.4, -0.2) is 16.8 Å². The van der Waals surface area contributed by atoms with Crippen molar-refractivity contribution >= 4 is 21.8 Å². The van der Waals surface area contributed by atoms with Crippen LogP contribution in [-0.2, 0) is 4.79 Å². The van der Waals surface area contributed by atoms with Gasteiger partial charge in [0.1, 0.15) is 0 Å². The summed E-state index contributed by atoms with van der Waals surface area (Å²) in [6, 6.07) is 0.289. The Bertz CT molecular complexity index is 188. The monoisotopic (exact) mass is 261 g/mol. The number of amides is 1. The Hall–Kier alpha value is -0.0500. The van der Waals surface area contributed by atoms with Gasteiger partial charge >= 0.3 is 0 Å². The van der Waals surface area contributed by atoms with Gasteiger partial charge in [0.2, 0.25) is 5.91 Å². The summed E-state index contributed by atoms with van der Waals surface area (Å²) in [5.74, 6) is 0.561. The molecule has 0 aliphatic heterocycles.